The molecular formula is C63H104O5. The van der Waals surface area contributed by atoms with E-state index < -0.39 is 6.10 Å². The van der Waals surface area contributed by atoms with E-state index in [1.165, 1.54) is 116 Å². The number of allylic oxidation sites excluding steroid dienone is 20. The molecule has 0 fully saturated rings. The van der Waals surface area contributed by atoms with Crippen LogP contribution in [0.5, 0.6) is 0 Å². The molecule has 0 aliphatic carbocycles. The Hall–Kier alpha value is -3.70. The van der Waals surface area contributed by atoms with Gasteiger partial charge < -0.3 is 14.6 Å². The van der Waals surface area contributed by atoms with E-state index in [9.17, 15) is 14.7 Å². The second-order valence-corrected chi connectivity index (χ2v) is 18.2. The molecule has 0 heterocycles. The first-order valence-electron chi connectivity index (χ1n) is 28.1. The van der Waals surface area contributed by atoms with Gasteiger partial charge in [0.1, 0.15) is 6.61 Å². The predicted molar refractivity (Wildman–Crippen MR) is 297 cm³/mol. The number of carbonyl (C=O) groups is 2. The summed E-state index contributed by atoms with van der Waals surface area (Å²) >= 11 is 0. The van der Waals surface area contributed by atoms with Gasteiger partial charge in [-0.05, 0) is 103 Å². The largest absolute Gasteiger partial charge is 0.462 e. The van der Waals surface area contributed by atoms with Gasteiger partial charge in [0.2, 0.25) is 0 Å². The van der Waals surface area contributed by atoms with Crippen LogP contribution in [0.25, 0.3) is 0 Å². The van der Waals surface area contributed by atoms with Gasteiger partial charge in [-0.25, -0.2) is 0 Å². The number of carbonyl (C=O) groups excluding carboxylic acids is 2. The summed E-state index contributed by atoms with van der Waals surface area (Å²) in [5.41, 5.74) is 0. The van der Waals surface area contributed by atoms with Gasteiger partial charge in [-0.15, -0.1) is 0 Å². The minimum atomic E-state index is -0.784. The Morgan fingerprint density at radius 2 is 0.588 bits per heavy atom. The van der Waals surface area contributed by atoms with E-state index in [-0.39, 0.29) is 25.2 Å². The van der Waals surface area contributed by atoms with Crippen molar-refractivity contribution in [3.63, 3.8) is 0 Å². The van der Waals surface area contributed by atoms with Crippen molar-refractivity contribution in [3.05, 3.63) is 122 Å². The van der Waals surface area contributed by atoms with Gasteiger partial charge in [0.05, 0.1) is 6.61 Å². The first-order chi connectivity index (χ1) is 33.6. The summed E-state index contributed by atoms with van der Waals surface area (Å²) < 4.78 is 10.7. The zero-order valence-electron chi connectivity index (χ0n) is 44.1. The maximum Gasteiger partial charge on any atom is 0.306 e. The third-order valence-corrected chi connectivity index (χ3v) is 11.8. The van der Waals surface area contributed by atoms with Crippen molar-refractivity contribution in [2.24, 2.45) is 0 Å². The average Bonchev–Trinajstić information content (AvgIpc) is 3.34. The molecule has 0 aliphatic rings. The van der Waals surface area contributed by atoms with Gasteiger partial charge in [0.15, 0.2) is 6.10 Å². The van der Waals surface area contributed by atoms with Crippen molar-refractivity contribution in [2.45, 2.75) is 251 Å². The molecule has 1 N–H and O–H groups in total. The fourth-order valence-electron chi connectivity index (χ4n) is 7.61. The molecule has 0 rings (SSSR count). The van der Waals surface area contributed by atoms with E-state index in [1.54, 1.807) is 0 Å². The summed E-state index contributed by atoms with van der Waals surface area (Å²) in [5, 5.41) is 9.66. The van der Waals surface area contributed by atoms with Gasteiger partial charge in [0, 0.05) is 12.8 Å². The number of aliphatic hydroxyl groups excluding tert-OH is 1. The topological polar surface area (TPSA) is 72.8 Å². The summed E-state index contributed by atoms with van der Waals surface area (Å²) in [7, 11) is 0. The van der Waals surface area contributed by atoms with Gasteiger partial charge >= 0.3 is 11.9 Å². The Morgan fingerprint density at radius 1 is 0.338 bits per heavy atom. The molecule has 1 unspecified atom stereocenters. The number of esters is 2. The van der Waals surface area contributed by atoms with Crippen LogP contribution in [0.15, 0.2) is 122 Å². The van der Waals surface area contributed by atoms with Crippen molar-refractivity contribution in [1.82, 2.24) is 0 Å². The maximum absolute atomic E-state index is 12.3. The maximum atomic E-state index is 12.3. The molecule has 0 aromatic rings. The molecule has 1 atom stereocenters. The molecule has 5 nitrogen and oxygen atoms in total. The lowest BCUT2D eigenvalue weighted by Crippen LogP contribution is -2.28. The second kappa shape index (κ2) is 57.6. The highest BCUT2D eigenvalue weighted by Crippen LogP contribution is 2.15. The second-order valence-electron chi connectivity index (χ2n) is 18.2. The highest BCUT2D eigenvalue weighted by atomic mass is 16.6. The predicted octanol–water partition coefficient (Wildman–Crippen LogP) is 19.1. The van der Waals surface area contributed by atoms with Crippen molar-refractivity contribution < 1.29 is 24.2 Å². The summed E-state index contributed by atoms with van der Waals surface area (Å²) in [4.78, 5) is 24.5. The Balaban J connectivity index is 3.54. The average molecular weight is 942 g/mol. The zero-order valence-corrected chi connectivity index (χ0v) is 44.1. The van der Waals surface area contributed by atoms with Crippen molar-refractivity contribution in [3.8, 4) is 0 Å². The van der Waals surface area contributed by atoms with Crippen LogP contribution in [0, 0.1) is 0 Å². The molecular weight excluding hydrogens is 837 g/mol. The van der Waals surface area contributed by atoms with Gasteiger partial charge in [-0.2, -0.15) is 0 Å². The molecule has 0 aliphatic heterocycles. The fraction of sp³-hybridized carbons (Fsp3) is 0.651. The Kier molecular flexibility index (Phi) is 54.5. The molecule has 0 amide bonds. The summed E-state index contributed by atoms with van der Waals surface area (Å²) in [6.07, 6.45) is 84.5. The van der Waals surface area contributed by atoms with Crippen LogP contribution in [-0.4, -0.2) is 36.4 Å². The lowest BCUT2D eigenvalue weighted by molar-refractivity contribution is -0.161. The number of ether oxygens (including phenoxy) is 2. The van der Waals surface area contributed by atoms with E-state index in [0.29, 0.717) is 12.8 Å². The minimum Gasteiger partial charge on any atom is -0.462 e. The van der Waals surface area contributed by atoms with Crippen LogP contribution in [-0.2, 0) is 19.1 Å². The third kappa shape index (κ3) is 54.9. The van der Waals surface area contributed by atoms with E-state index in [2.05, 4.69) is 135 Å². The van der Waals surface area contributed by atoms with Gasteiger partial charge in [-0.3, -0.25) is 9.59 Å². The normalized spacial score (nSPS) is 13.2. The summed E-state index contributed by atoms with van der Waals surface area (Å²) in [6.45, 7) is 3.92. The van der Waals surface area contributed by atoms with Crippen molar-refractivity contribution in [2.75, 3.05) is 13.2 Å². The smallest absolute Gasteiger partial charge is 0.306 e. The monoisotopic (exact) mass is 941 g/mol. The number of aliphatic hydroxyl groups is 1. The number of hydrogen-bond acceptors (Lipinski definition) is 5. The Morgan fingerprint density at radius 3 is 0.882 bits per heavy atom. The van der Waals surface area contributed by atoms with Crippen LogP contribution in [0.1, 0.15) is 245 Å². The van der Waals surface area contributed by atoms with E-state index >= 15 is 0 Å². The SMILES string of the molecule is CC/C=C\C/C=C\C/C=C\C/C=C\C/C=C\C/C=C\CCCCCCCCCCCCCCC(=O)OC(CO)COC(=O)CCCCCCCCCCCC/C=C\C/C=C\C/C=C\C/C=C\CC. The lowest BCUT2D eigenvalue weighted by atomic mass is 10.0. The molecule has 0 spiro atoms. The molecule has 0 saturated heterocycles. The Bertz CT molecular complexity index is 1390. The minimum absolute atomic E-state index is 0.0746. The van der Waals surface area contributed by atoms with Crippen molar-refractivity contribution >= 4 is 11.9 Å². The molecule has 68 heavy (non-hydrogen) atoms. The van der Waals surface area contributed by atoms with Crippen LogP contribution in [0.4, 0.5) is 0 Å². The zero-order chi connectivity index (χ0) is 49.2. The van der Waals surface area contributed by atoms with Gasteiger partial charge in [-0.1, -0.05) is 251 Å². The van der Waals surface area contributed by atoms with E-state index in [4.69, 9.17) is 9.47 Å². The van der Waals surface area contributed by atoms with Crippen LogP contribution >= 0.6 is 0 Å². The molecule has 0 aromatic carbocycles. The van der Waals surface area contributed by atoms with Crippen LogP contribution < -0.4 is 0 Å². The van der Waals surface area contributed by atoms with Crippen LogP contribution in [0.3, 0.4) is 0 Å². The first-order valence-corrected chi connectivity index (χ1v) is 28.1. The van der Waals surface area contributed by atoms with E-state index in [1.807, 2.05) is 0 Å². The standard InChI is InChI=1S/C63H104O5/c1-3-5-7-9-11-13-15-17-19-21-23-25-27-28-29-30-31-32-33-34-36-38-40-42-44-46-48-50-52-54-56-58-63(66)68-61(59-64)60-67-62(65)57-55-53-51-49-47-45-43-41-39-37-35-26-24-22-20-18-16-14-12-10-8-6-4-2/h5-8,11-14,17-20,23-26,28-29,31-32,61,64H,3-4,9-10,15-16,21-22,27,30,33-60H2,1-2H3/b7-5-,8-6-,13-11-,14-12-,19-17-,20-18-,25-23-,26-24-,29-28-,32-31-. The highest BCUT2D eigenvalue weighted by Gasteiger charge is 2.16. The lowest BCUT2D eigenvalue weighted by Gasteiger charge is -2.15. The molecule has 0 saturated carbocycles. The molecule has 5 heteroatoms. The van der Waals surface area contributed by atoms with E-state index in [0.717, 1.165) is 103 Å². The third-order valence-electron chi connectivity index (χ3n) is 11.8. The number of rotatable bonds is 50. The summed E-state index contributed by atoms with van der Waals surface area (Å²) in [6, 6.07) is 0. The number of hydrogen-bond donors (Lipinski definition) is 1. The molecule has 0 radical (unpaired) electrons. The Labute approximate surface area is 420 Å². The molecule has 0 aromatic heterocycles. The van der Waals surface area contributed by atoms with Gasteiger partial charge in [0.25, 0.3) is 0 Å². The van der Waals surface area contributed by atoms with Crippen molar-refractivity contribution in [1.29, 1.82) is 0 Å². The molecule has 0 bridgehead atoms. The first kappa shape index (κ1) is 64.3. The summed E-state index contributed by atoms with van der Waals surface area (Å²) in [5.74, 6) is -0.600. The number of unbranched alkanes of at least 4 members (excludes halogenated alkanes) is 22. The van der Waals surface area contributed by atoms with Crippen LogP contribution in [0.2, 0.25) is 0 Å². The quantitative estimate of drug-likeness (QED) is 0.0374. The highest BCUT2D eigenvalue weighted by molar-refractivity contribution is 5.70. The fourth-order valence-corrected chi connectivity index (χ4v) is 7.61. The molecule has 386 valence electrons.